The molecule has 0 amide bonds. The van der Waals surface area contributed by atoms with Gasteiger partial charge >= 0.3 is 0 Å². The number of nitrogens with zero attached hydrogens (tertiary/aromatic N) is 1. The van der Waals surface area contributed by atoms with E-state index in [-0.39, 0.29) is 5.60 Å². The summed E-state index contributed by atoms with van der Waals surface area (Å²) < 4.78 is 6.79. The van der Waals surface area contributed by atoms with Gasteiger partial charge in [-0.15, -0.1) is 0 Å². The first kappa shape index (κ1) is 15.6. The zero-order valence-electron chi connectivity index (χ0n) is 15.1. The molecule has 2 nitrogen and oxygen atoms in total. The summed E-state index contributed by atoms with van der Waals surface area (Å²) in [6.07, 6.45) is 5.01. The molecule has 1 fully saturated rings. The van der Waals surface area contributed by atoms with E-state index in [1.807, 2.05) is 0 Å². The topological polar surface area (TPSA) is 12.5 Å². The molecule has 0 N–H and O–H groups in total. The van der Waals surface area contributed by atoms with E-state index in [1.165, 1.54) is 60.2 Å². The van der Waals surface area contributed by atoms with Crippen LogP contribution in [0, 0.1) is 6.92 Å². The van der Waals surface area contributed by atoms with Gasteiger partial charge in [0.2, 0.25) is 0 Å². The van der Waals surface area contributed by atoms with E-state index >= 15 is 0 Å². The molecule has 2 atom stereocenters. The maximum atomic E-state index is 6.79. The van der Waals surface area contributed by atoms with Crippen molar-refractivity contribution in [1.29, 1.82) is 0 Å². The van der Waals surface area contributed by atoms with Crippen molar-refractivity contribution in [3.63, 3.8) is 0 Å². The third-order valence-corrected chi connectivity index (χ3v) is 6.53. The van der Waals surface area contributed by atoms with Crippen LogP contribution < -0.4 is 0 Å². The van der Waals surface area contributed by atoms with Gasteiger partial charge in [-0.05, 0) is 68.0 Å². The van der Waals surface area contributed by atoms with Gasteiger partial charge in [-0.1, -0.05) is 48.0 Å². The number of fused-ring (bicyclic) bond motifs is 1. The molecular formula is C23H27NO. The highest BCUT2D eigenvalue weighted by molar-refractivity contribution is 5.58. The first-order valence-corrected chi connectivity index (χ1v) is 9.85. The van der Waals surface area contributed by atoms with E-state index in [0.717, 1.165) is 19.6 Å². The van der Waals surface area contributed by atoms with E-state index in [2.05, 4.69) is 54.3 Å². The molecular weight excluding hydrogens is 306 g/mol. The molecule has 1 aliphatic heterocycles. The minimum absolute atomic E-state index is 0.230. The van der Waals surface area contributed by atoms with Crippen LogP contribution in [0.25, 0.3) is 0 Å². The number of rotatable bonds is 4. The molecule has 3 aliphatic carbocycles. The van der Waals surface area contributed by atoms with Gasteiger partial charge in [0, 0.05) is 12.5 Å². The van der Waals surface area contributed by atoms with Crippen LogP contribution >= 0.6 is 0 Å². The molecule has 2 bridgehead atoms. The lowest BCUT2D eigenvalue weighted by molar-refractivity contribution is -0.0453. The fourth-order valence-corrected chi connectivity index (χ4v) is 5.32. The summed E-state index contributed by atoms with van der Waals surface area (Å²) in [5.74, 6) is 0.552. The molecule has 2 aromatic carbocycles. The molecule has 1 saturated heterocycles. The van der Waals surface area contributed by atoms with Crippen molar-refractivity contribution in [2.24, 2.45) is 0 Å². The number of ether oxygens (including phenoxy) is 1. The molecule has 2 unspecified atom stereocenters. The molecule has 0 saturated carbocycles. The van der Waals surface area contributed by atoms with Gasteiger partial charge in [-0.2, -0.15) is 0 Å². The molecule has 1 heterocycles. The fourth-order valence-electron chi connectivity index (χ4n) is 5.32. The second kappa shape index (κ2) is 5.96. The van der Waals surface area contributed by atoms with Crippen molar-refractivity contribution in [1.82, 2.24) is 4.90 Å². The Morgan fingerprint density at radius 2 is 1.84 bits per heavy atom. The normalized spacial score (nSPS) is 27.3. The second-order valence-electron chi connectivity index (χ2n) is 7.99. The van der Waals surface area contributed by atoms with Gasteiger partial charge in [0.1, 0.15) is 5.60 Å². The van der Waals surface area contributed by atoms with E-state index in [4.69, 9.17) is 4.74 Å². The molecule has 2 heteroatoms. The fraction of sp³-hybridized carbons (Fsp3) is 0.478. The molecule has 25 heavy (non-hydrogen) atoms. The molecule has 6 rings (SSSR count). The molecule has 0 radical (unpaired) electrons. The maximum absolute atomic E-state index is 6.79. The zero-order valence-corrected chi connectivity index (χ0v) is 15.1. The molecule has 4 aliphatic rings. The standard InChI is InChI=1S/C23H27NO/c1-17-8-9-20-18-10-11-23(22(20)16-17,21-7-3-2-6-19(18)21)25-15-14-24-12-4-5-13-24/h2-3,6-9,16,18H,4-5,10-15H2,1H3. The van der Waals surface area contributed by atoms with Crippen molar-refractivity contribution < 1.29 is 4.74 Å². The Labute approximate surface area is 150 Å². The summed E-state index contributed by atoms with van der Waals surface area (Å²) >= 11 is 0. The third kappa shape index (κ3) is 2.38. The van der Waals surface area contributed by atoms with Crippen LogP contribution in [0.3, 0.4) is 0 Å². The zero-order chi connectivity index (χ0) is 16.9. The molecule has 2 aromatic rings. The van der Waals surface area contributed by atoms with Gasteiger partial charge in [0.05, 0.1) is 6.61 Å². The number of benzene rings is 2. The van der Waals surface area contributed by atoms with Gasteiger partial charge in [0.15, 0.2) is 0 Å². The highest BCUT2D eigenvalue weighted by atomic mass is 16.5. The minimum Gasteiger partial charge on any atom is -0.364 e. The predicted molar refractivity (Wildman–Crippen MR) is 101 cm³/mol. The van der Waals surface area contributed by atoms with Crippen molar-refractivity contribution in [2.75, 3.05) is 26.2 Å². The van der Waals surface area contributed by atoms with Crippen LogP contribution in [0.5, 0.6) is 0 Å². The van der Waals surface area contributed by atoms with Crippen molar-refractivity contribution in [2.45, 2.75) is 44.1 Å². The lowest BCUT2D eigenvalue weighted by Gasteiger charge is -2.49. The van der Waals surface area contributed by atoms with Crippen LogP contribution in [-0.2, 0) is 10.3 Å². The molecule has 0 aromatic heterocycles. The van der Waals surface area contributed by atoms with Crippen LogP contribution in [0.4, 0.5) is 0 Å². The van der Waals surface area contributed by atoms with Crippen molar-refractivity contribution in [3.8, 4) is 0 Å². The third-order valence-electron chi connectivity index (χ3n) is 6.53. The Bertz CT molecular complexity index is 792. The van der Waals surface area contributed by atoms with Crippen LogP contribution in [0.2, 0.25) is 0 Å². The van der Waals surface area contributed by atoms with Gasteiger partial charge in [0.25, 0.3) is 0 Å². The Balaban J connectivity index is 1.54. The van der Waals surface area contributed by atoms with Gasteiger partial charge in [-0.25, -0.2) is 0 Å². The first-order valence-electron chi connectivity index (χ1n) is 9.85. The predicted octanol–water partition coefficient (Wildman–Crippen LogP) is 4.59. The Morgan fingerprint density at radius 1 is 1.04 bits per heavy atom. The molecule has 130 valence electrons. The van der Waals surface area contributed by atoms with Crippen molar-refractivity contribution >= 4 is 0 Å². The van der Waals surface area contributed by atoms with E-state index < -0.39 is 0 Å². The first-order chi connectivity index (χ1) is 12.3. The smallest absolute Gasteiger partial charge is 0.119 e. The van der Waals surface area contributed by atoms with Gasteiger partial charge < -0.3 is 9.64 Å². The molecule has 0 spiro atoms. The number of aryl methyl sites for hydroxylation is 1. The van der Waals surface area contributed by atoms with Crippen LogP contribution in [0.1, 0.15) is 59.4 Å². The SMILES string of the molecule is Cc1ccc2c(c1)C1(OCCN3CCCC3)CCC2c2ccccc21. The highest BCUT2D eigenvalue weighted by Gasteiger charge is 2.49. The lowest BCUT2D eigenvalue weighted by Crippen LogP contribution is -2.43. The summed E-state index contributed by atoms with van der Waals surface area (Å²) in [5.41, 5.74) is 6.95. The van der Waals surface area contributed by atoms with E-state index in [0.29, 0.717) is 5.92 Å². The van der Waals surface area contributed by atoms with E-state index in [1.54, 1.807) is 0 Å². The lowest BCUT2D eigenvalue weighted by atomic mass is 9.61. The number of hydrogen-bond acceptors (Lipinski definition) is 2. The van der Waals surface area contributed by atoms with Crippen molar-refractivity contribution in [3.05, 3.63) is 70.3 Å². The summed E-state index contributed by atoms with van der Waals surface area (Å²) in [6.45, 7) is 6.57. The van der Waals surface area contributed by atoms with Gasteiger partial charge in [-0.3, -0.25) is 0 Å². The Kier molecular flexibility index (Phi) is 3.72. The average Bonchev–Trinajstić information content (AvgIpc) is 3.16. The van der Waals surface area contributed by atoms with Crippen LogP contribution in [-0.4, -0.2) is 31.1 Å². The van der Waals surface area contributed by atoms with E-state index in [9.17, 15) is 0 Å². The Morgan fingerprint density at radius 3 is 2.72 bits per heavy atom. The number of hydrogen-bond donors (Lipinski definition) is 0. The summed E-state index contributed by atoms with van der Waals surface area (Å²) in [7, 11) is 0. The summed E-state index contributed by atoms with van der Waals surface area (Å²) in [5, 5.41) is 0. The maximum Gasteiger partial charge on any atom is 0.119 e. The summed E-state index contributed by atoms with van der Waals surface area (Å²) in [6, 6.07) is 16.0. The average molecular weight is 333 g/mol. The van der Waals surface area contributed by atoms with Crippen LogP contribution in [0.15, 0.2) is 42.5 Å². The Hall–Kier alpha value is -1.64. The second-order valence-corrected chi connectivity index (χ2v) is 7.99. The quantitative estimate of drug-likeness (QED) is 0.811. The highest BCUT2D eigenvalue weighted by Crippen LogP contribution is 2.56. The monoisotopic (exact) mass is 333 g/mol. The minimum atomic E-state index is -0.230. The largest absolute Gasteiger partial charge is 0.364 e. The number of likely N-dealkylation sites (tertiary alicyclic amines) is 1. The summed E-state index contributed by atoms with van der Waals surface area (Å²) in [4.78, 5) is 2.55.